The summed E-state index contributed by atoms with van der Waals surface area (Å²) in [5.74, 6) is 1.50. The lowest BCUT2D eigenvalue weighted by Gasteiger charge is -2.06. The maximum Gasteiger partial charge on any atom is 0.247 e. The number of tetrazole rings is 1. The molecule has 0 aliphatic carbocycles. The molecule has 8 heteroatoms. The van der Waals surface area contributed by atoms with Gasteiger partial charge in [0.05, 0.1) is 5.69 Å². The maximum absolute atomic E-state index is 4.21. The highest BCUT2D eigenvalue weighted by Crippen LogP contribution is 2.10. The number of anilines is 1. The van der Waals surface area contributed by atoms with Crippen molar-refractivity contribution in [1.29, 1.82) is 0 Å². The van der Waals surface area contributed by atoms with Gasteiger partial charge < -0.3 is 5.32 Å². The first kappa shape index (κ1) is 13.4. The van der Waals surface area contributed by atoms with Gasteiger partial charge in [-0.2, -0.15) is 4.68 Å². The second-order valence-electron chi connectivity index (χ2n) is 4.97. The van der Waals surface area contributed by atoms with E-state index in [1.54, 1.807) is 4.68 Å². The molecule has 3 heterocycles. The van der Waals surface area contributed by atoms with Crippen LogP contribution in [0.2, 0.25) is 0 Å². The van der Waals surface area contributed by atoms with E-state index >= 15 is 0 Å². The lowest BCUT2D eigenvalue weighted by Crippen LogP contribution is -2.12. The van der Waals surface area contributed by atoms with Gasteiger partial charge in [0.2, 0.25) is 5.95 Å². The van der Waals surface area contributed by atoms with Crippen LogP contribution in [0.5, 0.6) is 0 Å². The number of rotatable bonds is 5. The molecule has 0 saturated heterocycles. The average Bonchev–Trinajstić information content (AvgIpc) is 3.23. The quantitative estimate of drug-likeness (QED) is 0.599. The molecule has 8 nitrogen and oxygen atoms in total. The first-order chi connectivity index (χ1) is 11.4. The fraction of sp³-hybridized carbons (Fsp3) is 0.133. The number of fused-ring (bicyclic) bond motifs is 1. The van der Waals surface area contributed by atoms with Gasteiger partial charge in [-0.25, -0.2) is 0 Å². The zero-order chi connectivity index (χ0) is 15.5. The Kier molecular flexibility index (Phi) is 3.39. The summed E-state index contributed by atoms with van der Waals surface area (Å²) in [6.07, 6.45) is 2.67. The van der Waals surface area contributed by atoms with Gasteiger partial charge in [0.15, 0.2) is 5.65 Å². The number of pyridine rings is 1. The molecule has 0 fully saturated rings. The minimum Gasteiger partial charge on any atom is -0.352 e. The predicted molar refractivity (Wildman–Crippen MR) is 84.3 cm³/mol. The van der Waals surface area contributed by atoms with Crippen molar-refractivity contribution in [2.45, 2.75) is 6.42 Å². The first-order valence-corrected chi connectivity index (χ1v) is 7.28. The summed E-state index contributed by atoms with van der Waals surface area (Å²) in [5.41, 5.74) is 1.75. The van der Waals surface area contributed by atoms with Gasteiger partial charge in [0.25, 0.3) is 0 Å². The van der Waals surface area contributed by atoms with Crippen LogP contribution in [0.4, 0.5) is 5.95 Å². The van der Waals surface area contributed by atoms with Crippen molar-refractivity contribution in [1.82, 2.24) is 34.8 Å². The van der Waals surface area contributed by atoms with Crippen molar-refractivity contribution in [3.8, 4) is 5.69 Å². The molecule has 0 atom stereocenters. The van der Waals surface area contributed by atoms with Gasteiger partial charge in [-0.15, -0.1) is 10.2 Å². The molecule has 0 aliphatic heterocycles. The number of aromatic nitrogens is 7. The Hall–Kier alpha value is -3.29. The molecule has 0 unspecified atom stereocenters. The maximum atomic E-state index is 4.21. The van der Waals surface area contributed by atoms with E-state index in [0.717, 1.165) is 17.2 Å². The molecule has 0 amide bonds. The Balaban J connectivity index is 1.47. The van der Waals surface area contributed by atoms with Gasteiger partial charge in [-0.3, -0.25) is 4.40 Å². The van der Waals surface area contributed by atoms with Gasteiger partial charge in [0.1, 0.15) is 5.82 Å². The van der Waals surface area contributed by atoms with Crippen molar-refractivity contribution in [3.63, 3.8) is 0 Å². The summed E-state index contributed by atoms with van der Waals surface area (Å²) in [7, 11) is 0. The predicted octanol–water partition coefficient (Wildman–Crippen LogP) is 1.36. The third-order valence-corrected chi connectivity index (χ3v) is 3.49. The Morgan fingerprint density at radius 1 is 0.913 bits per heavy atom. The average molecular weight is 306 g/mol. The fourth-order valence-electron chi connectivity index (χ4n) is 2.39. The fourth-order valence-corrected chi connectivity index (χ4v) is 2.39. The second kappa shape index (κ2) is 5.84. The van der Waals surface area contributed by atoms with Crippen molar-refractivity contribution >= 4 is 11.6 Å². The lowest BCUT2D eigenvalue weighted by molar-refractivity contribution is 0.787. The van der Waals surface area contributed by atoms with E-state index in [2.05, 4.69) is 31.0 Å². The monoisotopic (exact) mass is 306 g/mol. The molecule has 114 valence electrons. The minimum absolute atomic E-state index is 0.602. The number of hydrogen-bond acceptors (Lipinski definition) is 6. The van der Waals surface area contributed by atoms with Gasteiger partial charge in [0, 0.05) is 19.2 Å². The van der Waals surface area contributed by atoms with Crippen LogP contribution in [0.3, 0.4) is 0 Å². The molecule has 0 spiro atoms. The normalized spacial score (nSPS) is 11.0. The Bertz CT molecular complexity index is 911. The Morgan fingerprint density at radius 2 is 1.78 bits per heavy atom. The van der Waals surface area contributed by atoms with E-state index in [1.807, 2.05) is 59.1 Å². The smallest absolute Gasteiger partial charge is 0.247 e. The van der Waals surface area contributed by atoms with Crippen LogP contribution in [0, 0.1) is 0 Å². The van der Waals surface area contributed by atoms with E-state index in [4.69, 9.17) is 0 Å². The van der Waals surface area contributed by atoms with E-state index in [0.29, 0.717) is 18.9 Å². The molecule has 23 heavy (non-hydrogen) atoms. The number of benzene rings is 1. The number of nitrogens with zero attached hydrogens (tertiary/aromatic N) is 7. The molecule has 4 rings (SSSR count). The molecule has 4 aromatic rings. The summed E-state index contributed by atoms with van der Waals surface area (Å²) in [6, 6.07) is 15.6. The van der Waals surface area contributed by atoms with E-state index in [9.17, 15) is 0 Å². The summed E-state index contributed by atoms with van der Waals surface area (Å²) >= 11 is 0. The molecule has 0 radical (unpaired) electrons. The largest absolute Gasteiger partial charge is 0.352 e. The topological polar surface area (TPSA) is 85.8 Å². The third-order valence-electron chi connectivity index (χ3n) is 3.49. The summed E-state index contributed by atoms with van der Waals surface area (Å²) in [4.78, 5) is 0. The van der Waals surface area contributed by atoms with Crippen molar-refractivity contribution in [2.75, 3.05) is 11.9 Å². The highest BCUT2D eigenvalue weighted by atomic mass is 15.6. The van der Waals surface area contributed by atoms with Crippen LogP contribution in [0.1, 0.15) is 5.82 Å². The zero-order valence-electron chi connectivity index (χ0n) is 12.2. The van der Waals surface area contributed by atoms with Crippen molar-refractivity contribution in [2.24, 2.45) is 0 Å². The van der Waals surface area contributed by atoms with Crippen molar-refractivity contribution < 1.29 is 0 Å². The van der Waals surface area contributed by atoms with Crippen LogP contribution in [0.15, 0.2) is 54.7 Å². The molecular formula is C15H14N8. The lowest BCUT2D eigenvalue weighted by atomic mass is 10.3. The number of hydrogen-bond donors (Lipinski definition) is 1. The molecule has 1 aromatic carbocycles. The molecule has 0 aliphatic rings. The van der Waals surface area contributed by atoms with Crippen LogP contribution in [-0.2, 0) is 6.42 Å². The Morgan fingerprint density at radius 3 is 2.70 bits per heavy atom. The third kappa shape index (κ3) is 2.61. The Labute approximate surface area is 131 Å². The van der Waals surface area contributed by atoms with Crippen LogP contribution in [0.25, 0.3) is 11.3 Å². The summed E-state index contributed by atoms with van der Waals surface area (Å²) in [5, 5.41) is 23.4. The van der Waals surface area contributed by atoms with E-state index in [-0.39, 0.29) is 0 Å². The molecule has 3 aromatic heterocycles. The second-order valence-corrected chi connectivity index (χ2v) is 4.97. The highest BCUT2D eigenvalue weighted by molar-refractivity contribution is 5.39. The van der Waals surface area contributed by atoms with Crippen molar-refractivity contribution in [3.05, 3.63) is 60.6 Å². The molecule has 0 saturated carbocycles. The SMILES string of the molecule is c1ccc(-n2nnnc2NCCc2nnc3ccccn23)cc1. The first-order valence-electron chi connectivity index (χ1n) is 7.28. The minimum atomic E-state index is 0.602. The summed E-state index contributed by atoms with van der Waals surface area (Å²) < 4.78 is 3.64. The highest BCUT2D eigenvalue weighted by Gasteiger charge is 2.08. The van der Waals surface area contributed by atoms with E-state index < -0.39 is 0 Å². The molecular weight excluding hydrogens is 292 g/mol. The van der Waals surface area contributed by atoms with Gasteiger partial charge in [-0.05, 0) is 34.7 Å². The molecule has 1 N–H and O–H groups in total. The van der Waals surface area contributed by atoms with Gasteiger partial charge in [-0.1, -0.05) is 29.4 Å². The summed E-state index contributed by atoms with van der Waals surface area (Å²) in [6.45, 7) is 0.656. The van der Waals surface area contributed by atoms with Gasteiger partial charge >= 0.3 is 0 Å². The van der Waals surface area contributed by atoms with Crippen LogP contribution < -0.4 is 5.32 Å². The zero-order valence-corrected chi connectivity index (χ0v) is 12.2. The van der Waals surface area contributed by atoms with E-state index in [1.165, 1.54) is 0 Å². The number of nitrogens with one attached hydrogen (secondary N) is 1. The standard InChI is InChI=1S/C15H14N8/c1-2-6-12(7-3-1)23-15(19-20-21-23)16-10-9-14-18-17-13-8-4-5-11-22(13)14/h1-8,11H,9-10H2,(H,16,19,21). The van der Waals surface area contributed by atoms with Crippen LogP contribution >= 0.6 is 0 Å². The number of para-hydroxylation sites is 1. The van der Waals surface area contributed by atoms with Crippen LogP contribution in [-0.4, -0.2) is 41.4 Å². The molecule has 0 bridgehead atoms.